The maximum Gasteiger partial charge on any atom is 0.407 e. The van der Waals surface area contributed by atoms with Gasteiger partial charge < -0.3 is 24.9 Å². The number of amides is 2. The largest absolute Gasteiger partial charge is 0.465 e. The second kappa shape index (κ2) is 5.80. The monoisotopic (exact) mass is 306 g/mol. The van der Waals surface area contributed by atoms with E-state index in [4.69, 9.17) is 5.11 Å². The lowest BCUT2D eigenvalue weighted by molar-refractivity contribution is 0.00550. The zero-order chi connectivity index (χ0) is 15.7. The standard InChI is InChI=1S/C14H18N4O4/c19-11-8-18(9-11)13(20)12-2-1-10(7-15-12)16-3-5-17(6-4-16)14(21)22/h1-2,7,11,19H,3-6,8-9H2,(H,21,22). The number of rotatable bonds is 2. The average molecular weight is 306 g/mol. The van der Waals surface area contributed by atoms with Crippen molar-refractivity contribution in [2.75, 3.05) is 44.2 Å². The van der Waals surface area contributed by atoms with Crippen LogP contribution >= 0.6 is 0 Å². The lowest BCUT2D eigenvalue weighted by Crippen LogP contribution is -2.53. The fourth-order valence-corrected chi connectivity index (χ4v) is 2.64. The van der Waals surface area contributed by atoms with Gasteiger partial charge in [0.25, 0.3) is 5.91 Å². The van der Waals surface area contributed by atoms with E-state index < -0.39 is 12.2 Å². The smallest absolute Gasteiger partial charge is 0.407 e. The van der Waals surface area contributed by atoms with Crippen LogP contribution in [0.4, 0.5) is 10.5 Å². The number of hydrogen-bond acceptors (Lipinski definition) is 5. The van der Waals surface area contributed by atoms with Crippen LogP contribution in [0.2, 0.25) is 0 Å². The Bertz CT molecular complexity index is 563. The number of carbonyl (C=O) groups excluding carboxylic acids is 1. The second-order valence-corrected chi connectivity index (χ2v) is 5.52. The number of hydrogen-bond donors (Lipinski definition) is 2. The zero-order valence-corrected chi connectivity index (χ0v) is 12.1. The number of pyridine rings is 1. The summed E-state index contributed by atoms with van der Waals surface area (Å²) in [6.07, 6.45) is 0.323. The lowest BCUT2D eigenvalue weighted by atomic mass is 10.1. The molecule has 0 unspecified atom stereocenters. The predicted octanol–water partition coefficient (Wildman–Crippen LogP) is -0.302. The van der Waals surface area contributed by atoms with Crippen molar-refractivity contribution in [1.82, 2.24) is 14.8 Å². The molecule has 3 heterocycles. The first kappa shape index (κ1) is 14.6. The highest BCUT2D eigenvalue weighted by Crippen LogP contribution is 2.17. The van der Waals surface area contributed by atoms with Crippen LogP contribution < -0.4 is 4.90 Å². The Hall–Kier alpha value is -2.35. The summed E-state index contributed by atoms with van der Waals surface area (Å²) in [5, 5.41) is 18.1. The van der Waals surface area contributed by atoms with E-state index in [1.165, 1.54) is 4.90 Å². The highest BCUT2D eigenvalue weighted by atomic mass is 16.4. The molecule has 0 radical (unpaired) electrons. The minimum Gasteiger partial charge on any atom is -0.465 e. The molecule has 0 saturated carbocycles. The first-order valence-corrected chi connectivity index (χ1v) is 7.21. The quantitative estimate of drug-likeness (QED) is 0.778. The fraction of sp³-hybridized carbons (Fsp3) is 0.500. The summed E-state index contributed by atoms with van der Waals surface area (Å²) in [5.41, 5.74) is 1.24. The number of aliphatic hydroxyl groups excluding tert-OH is 1. The van der Waals surface area contributed by atoms with Crippen LogP contribution in [-0.2, 0) is 0 Å². The van der Waals surface area contributed by atoms with Gasteiger partial charge in [0.15, 0.2) is 0 Å². The van der Waals surface area contributed by atoms with Crippen LogP contribution in [0.25, 0.3) is 0 Å². The summed E-state index contributed by atoms with van der Waals surface area (Å²) in [5.74, 6) is -0.174. The van der Waals surface area contributed by atoms with Crippen LogP contribution in [0.1, 0.15) is 10.5 Å². The van der Waals surface area contributed by atoms with Crippen molar-refractivity contribution in [3.05, 3.63) is 24.0 Å². The molecule has 0 aromatic carbocycles. The van der Waals surface area contributed by atoms with Crippen molar-refractivity contribution in [2.45, 2.75) is 6.10 Å². The minimum atomic E-state index is -0.893. The molecule has 0 spiro atoms. The van der Waals surface area contributed by atoms with Crippen LogP contribution in [0.5, 0.6) is 0 Å². The van der Waals surface area contributed by atoms with Crippen LogP contribution in [0, 0.1) is 0 Å². The molecule has 118 valence electrons. The Labute approximate surface area is 127 Å². The number of anilines is 1. The molecule has 8 nitrogen and oxygen atoms in total. The van der Waals surface area contributed by atoms with Crippen LogP contribution in [0.15, 0.2) is 18.3 Å². The molecule has 1 aromatic heterocycles. The van der Waals surface area contributed by atoms with E-state index in [0.29, 0.717) is 45.0 Å². The molecule has 3 rings (SSSR count). The van der Waals surface area contributed by atoms with Crippen LogP contribution in [0.3, 0.4) is 0 Å². The summed E-state index contributed by atoms with van der Waals surface area (Å²) in [4.78, 5) is 32.1. The Morgan fingerprint density at radius 2 is 1.77 bits per heavy atom. The molecule has 2 aliphatic rings. The fourth-order valence-electron chi connectivity index (χ4n) is 2.64. The van der Waals surface area contributed by atoms with E-state index >= 15 is 0 Å². The van der Waals surface area contributed by atoms with Crippen molar-refractivity contribution < 1.29 is 19.8 Å². The topological polar surface area (TPSA) is 97.2 Å². The van der Waals surface area contributed by atoms with Gasteiger partial charge in [0.2, 0.25) is 0 Å². The normalized spacial score (nSPS) is 19.0. The van der Waals surface area contributed by atoms with Gasteiger partial charge in [-0.2, -0.15) is 0 Å². The Balaban J connectivity index is 1.60. The second-order valence-electron chi connectivity index (χ2n) is 5.52. The number of likely N-dealkylation sites (tertiary alicyclic amines) is 1. The summed E-state index contributed by atoms with van der Waals surface area (Å²) in [6.45, 7) is 2.86. The van der Waals surface area contributed by atoms with Gasteiger partial charge in [0.05, 0.1) is 18.0 Å². The number of aromatic nitrogens is 1. The van der Waals surface area contributed by atoms with E-state index in [1.807, 2.05) is 11.0 Å². The van der Waals surface area contributed by atoms with Gasteiger partial charge in [-0.15, -0.1) is 0 Å². The van der Waals surface area contributed by atoms with Gasteiger partial charge in [-0.3, -0.25) is 4.79 Å². The molecule has 2 N–H and O–H groups in total. The van der Waals surface area contributed by atoms with Crippen molar-refractivity contribution in [3.8, 4) is 0 Å². The van der Waals surface area contributed by atoms with Gasteiger partial charge in [0.1, 0.15) is 5.69 Å². The molecule has 2 saturated heterocycles. The van der Waals surface area contributed by atoms with E-state index in [1.54, 1.807) is 17.2 Å². The highest BCUT2D eigenvalue weighted by Gasteiger charge is 2.30. The van der Waals surface area contributed by atoms with E-state index in [0.717, 1.165) is 5.69 Å². The third-order valence-corrected chi connectivity index (χ3v) is 4.03. The maximum absolute atomic E-state index is 12.0. The van der Waals surface area contributed by atoms with Gasteiger partial charge in [-0.05, 0) is 12.1 Å². The van der Waals surface area contributed by atoms with Gasteiger partial charge >= 0.3 is 6.09 Å². The number of β-amino-alcohol motifs (C(OH)–C–C–N with tert-alkyl or cyclic N) is 1. The van der Waals surface area contributed by atoms with Gasteiger partial charge in [0, 0.05) is 39.3 Å². The van der Waals surface area contributed by atoms with E-state index in [-0.39, 0.29) is 5.91 Å². The molecular formula is C14H18N4O4. The molecule has 2 aliphatic heterocycles. The molecular weight excluding hydrogens is 288 g/mol. The van der Waals surface area contributed by atoms with Gasteiger partial charge in [-0.25, -0.2) is 9.78 Å². The molecule has 8 heteroatoms. The van der Waals surface area contributed by atoms with E-state index in [2.05, 4.69) is 4.98 Å². The Kier molecular flexibility index (Phi) is 3.84. The van der Waals surface area contributed by atoms with Crippen molar-refractivity contribution in [2.24, 2.45) is 0 Å². The third-order valence-electron chi connectivity index (χ3n) is 4.03. The Morgan fingerprint density at radius 3 is 2.27 bits per heavy atom. The van der Waals surface area contributed by atoms with Crippen molar-refractivity contribution >= 4 is 17.7 Å². The SMILES string of the molecule is O=C(O)N1CCN(c2ccc(C(=O)N3CC(O)C3)nc2)CC1. The van der Waals surface area contributed by atoms with Gasteiger partial charge in [-0.1, -0.05) is 0 Å². The summed E-state index contributed by atoms with van der Waals surface area (Å²) >= 11 is 0. The van der Waals surface area contributed by atoms with Crippen LogP contribution in [-0.4, -0.2) is 82.4 Å². The van der Waals surface area contributed by atoms with E-state index in [9.17, 15) is 14.7 Å². The molecule has 1 aromatic rings. The number of aliphatic hydroxyl groups is 1. The lowest BCUT2D eigenvalue weighted by Gasteiger charge is -2.36. The Morgan fingerprint density at radius 1 is 1.09 bits per heavy atom. The van der Waals surface area contributed by atoms with Crippen molar-refractivity contribution in [3.63, 3.8) is 0 Å². The first-order valence-electron chi connectivity index (χ1n) is 7.21. The molecule has 0 bridgehead atoms. The summed E-state index contributed by atoms with van der Waals surface area (Å²) in [6, 6.07) is 3.50. The predicted molar refractivity (Wildman–Crippen MR) is 78.0 cm³/mol. The zero-order valence-electron chi connectivity index (χ0n) is 12.1. The number of nitrogens with zero attached hydrogens (tertiary/aromatic N) is 4. The molecule has 0 aliphatic carbocycles. The summed E-state index contributed by atoms with van der Waals surface area (Å²) < 4.78 is 0. The number of carboxylic acid groups (broad SMARTS) is 1. The summed E-state index contributed by atoms with van der Waals surface area (Å²) in [7, 11) is 0. The highest BCUT2D eigenvalue weighted by molar-refractivity contribution is 5.93. The van der Waals surface area contributed by atoms with Crippen molar-refractivity contribution in [1.29, 1.82) is 0 Å². The third kappa shape index (κ3) is 2.82. The minimum absolute atomic E-state index is 0.174. The molecule has 22 heavy (non-hydrogen) atoms. The molecule has 2 fully saturated rings. The average Bonchev–Trinajstić information content (AvgIpc) is 2.51. The molecule has 0 atom stereocenters. The number of piperazine rings is 1. The number of carbonyl (C=O) groups is 2. The maximum atomic E-state index is 12.0. The molecule has 2 amide bonds. The first-order chi connectivity index (χ1) is 10.5.